The summed E-state index contributed by atoms with van der Waals surface area (Å²) in [6.45, 7) is 1.36. The van der Waals surface area contributed by atoms with E-state index < -0.39 is 23.8 Å². The van der Waals surface area contributed by atoms with Gasteiger partial charge >= 0.3 is 5.97 Å². The van der Waals surface area contributed by atoms with Gasteiger partial charge in [-0.3, -0.25) is 4.79 Å². The Hall–Kier alpha value is -2.38. The monoisotopic (exact) mass is 386 g/mol. The molecule has 0 bridgehead atoms. The van der Waals surface area contributed by atoms with Crippen LogP contribution in [-0.4, -0.2) is 30.1 Å². The third kappa shape index (κ3) is 4.80. The van der Waals surface area contributed by atoms with Crippen molar-refractivity contribution in [3.8, 4) is 5.75 Å². The summed E-state index contributed by atoms with van der Waals surface area (Å²) < 4.78 is 23.4. The molecule has 9 heteroatoms. The van der Waals surface area contributed by atoms with Crippen LogP contribution in [-0.2, 0) is 9.53 Å². The molecular weight excluding hydrogens is 374 g/mol. The van der Waals surface area contributed by atoms with E-state index in [1.165, 1.54) is 38.4 Å². The molecule has 1 amide bonds. The van der Waals surface area contributed by atoms with E-state index in [-0.39, 0.29) is 22.2 Å². The molecule has 1 heterocycles. The number of nitrogens with one attached hydrogen (secondary N) is 1. The molecule has 1 aromatic carbocycles. The van der Waals surface area contributed by atoms with Gasteiger partial charge in [0.05, 0.1) is 22.7 Å². The fourth-order valence-electron chi connectivity index (χ4n) is 1.80. The molecule has 0 unspecified atom stereocenters. The normalized spacial score (nSPS) is 11.6. The van der Waals surface area contributed by atoms with Crippen LogP contribution in [0.25, 0.3) is 0 Å². The summed E-state index contributed by atoms with van der Waals surface area (Å²) in [5.41, 5.74) is -0.0550. The van der Waals surface area contributed by atoms with Gasteiger partial charge in [-0.1, -0.05) is 23.2 Å². The van der Waals surface area contributed by atoms with Gasteiger partial charge in [0.2, 0.25) is 0 Å². The fourth-order valence-corrected chi connectivity index (χ4v) is 2.23. The number of anilines is 1. The van der Waals surface area contributed by atoms with Gasteiger partial charge in [0.15, 0.2) is 23.5 Å². The standard InChI is InChI=1S/C16H13Cl2FN2O4/c1-8(15(22)21-14-11(18)6-10(17)7-20-14)25-16(23)9-3-4-13(24-2)12(19)5-9/h3-8H,1-2H3,(H,20,21,22)/t8-/m0/s1. The number of carbonyl (C=O) groups excluding carboxylic acids is 2. The van der Waals surface area contributed by atoms with Crippen LogP contribution in [0, 0.1) is 5.82 Å². The van der Waals surface area contributed by atoms with E-state index in [1.807, 2.05) is 0 Å². The number of rotatable bonds is 5. The van der Waals surface area contributed by atoms with Crippen LogP contribution in [0.5, 0.6) is 5.75 Å². The third-order valence-electron chi connectivity index (χ3n) is 3.09. The average molecular weight is 387 g/mol. The lowest BCUT2D eigenvalue weighted by Crippen LogP contribution is -2.30. The number of carbonyl (C=O) groups is 2. The van der Waals surface area contributed by atoms with E-state index in [0.29, 0.717) is 5.02 Å². The molecule has 6 nitrogen and oxygen atoms in total. The Morgan fingerprint density at radius 2 is 2.00 bits per heavy atom. The van der Waals surface area contributed by atoms with Crippen molar-refractivity contribution in [3.63, 3.8) is 0 Å². The predicted octanol–water partition coefficient (Wildman–Crippen LogP) is 3.72. The highest BCUT2D eigenvalue weighted by Crippen LogP contribution is 2.23. The van der Waals surface area contributed by atoms with Gasteiger partial charge < -0.3 is 14.8 Å². The smallest absolute Gasteiger partial charge is 0.339 e. The van der Waals surface area contributed by atoms with E-state index in [9.17, 15) is 14.0 Å². The number of halogens is 3. The van der Waals surface area contributed by atoms with Gasteiger partial charge in [0, 0.05) is 6.20 Å². The van der Waals surface area contributed by atoms with Crippen molar-refractivity contribution in [2.75, 3.05) is 12.4 Å². The molecular formula is C16H13Cl2FN2O4. The first-order valence-electron chi connectivity index (χ1n) is 6.98. The molecule has 2 rings (SSSR count). The largest absolute Gasteiger partial charge is 0.494 e. The molecule has 25 heavy (non-hydrogen) atoms. The Balaban J connectivity index is 2.02. The minimum Gasteiger partial charge on any atom is -0.494 e. The maximum Gasteiger partial charge on any atom is 0.339 e. The quantitative estimate of drug-likeness (QED) is 0.792. The number of pyridine rings is 1. The molecule has 0 saturated heterocycles. The van der Waals surface area contributed by atoms with Gasteiger partial charge in [-0.05, 0) is 31.2 Å². The molecule has 0 saturated carbocycles. The van der Waals surface area contributed by atoms with Crippen molar-refractivity contribution >= 4 is 40.9 Å². The van der Waals surface area contributed by atoms with Crippen molar-refractivity contribution < 1.29 is 23.5 Å². The number of benzene rings is 1. The van der Waals surface area contributed by atoms with E-state index in [1.54, 1.807) is 0 Å². The van der Waals surface area contributed by atoms with E-state index >= 15 is 0 Å². The van der Waals surface area contributed by atoms with Crippen LogP contribution >= 0.6 is 23.2 Å². The zero-order chi connectivity index (χ0) is 18.6. The summed E-state index contributed by atoms with van der Waals surface area (Å²) in [7, 11) is 1.30. The van der Waals surface area contributed by atoms with E-state index in [4.69, 9.17) is 32.7 Å². The summed E-state index contributed by atoms with van der Waals surface area (Å²) >= 11 is 11.6. The highest BCUT2D eigenvalue weighted by Gasteiger charge is 2.21. The number of ether oxygens (including phenoxy) is 2. The third-order valence-corrected chi connectivity index (χ3v) is 3.58. The van der Waals surface area contributed by atoms with Gasteiger partial charge in [0.1, 0.15) is 0 Å². The second kappa shape index (κ2) is 8.13. The molecule has 0 aliphatic rings. The van der Waals surface area contributed by atoms with Crippen LogP contribution in [0.1, 0.15) is 17.3 Å². The van der Waals surface area contributed by atoms with Crippen LogP contribution in [0.4, 0.5) is 10.2 Å². The number of nitrogens with zero attached hydrogens (tertiary/aromatic N) is 1. The summed E-state index contributed by atoms with van der Waals surface area (Å²) in [6.07, 6.45) is 0.144. The molecule has 1 aromatic heterocycles. The summed E-state index contributed by atoms with van der Waals surface area (Å²) in [5, 5.41) is 2.86. The Morgan fingerprint density at radius 1 is 1.28 bits per heavy atom. The van der Waals surface area contributed by atoms with Crippen LogP contribution in [0.15, 0.2) is 30.5 Å². The van der Waals surface area contributed by atoms with Crippen molar-refractivity contribution in [1.29, 1.82) is 0 Å². The van der Waals surface area contributed by atoms with E-state index in [2.05, 4.69) is 10.3 Å². The maximum absolute atomic E-state index is 13.6. The summed E-state index contributed by atoms with van der Waals surface area (Å²) in [6, 6.07) is 4.98. The van der Waals surface area contributed by atoms with Gasteiger partial charge in [-0.25, -0.2) is 14.2 Å². The SMILES string of the molecule is COc1ccc(C(=O)O[C@@H](C)C(=O)Nc2ncc(Cl)cc2Cl)cc1F. The van der Waals surface area contributed by atoms with Gasteiger partial charge in [-0.15, -0.1) is 0 Å². The molecule has 0 radical (unpaired) electrons. The molecule has 1 atom stereocenters. The number of methoxy groups -OCH3 is 1. The number of hydrogen-bond donors (Lipinski definition) is 1. The molecule has 0 aliphatic carbocycles. The number of hydrogen-bond acceptors (Lipinski definition) is 5. The summed E-state index contributed by atoms with van der Waals surface area (Å²) in [4.78, 5) is 27.9. The first-order chi connectivity index (χ1) is 11.8. The zero-order valence-electron chi connectivity index (χ0n) is 13.2. The molecule has 132 valence electrons. The van der Waals surface area contributed by atoms with Crippen LogP contribution in [0.2, 0.25) is 10.0 Å². The van der Waals surface area contributed by atoms with Crippen LogP contribution in [0.3, 0.4) is 0 Å². The minimum atomic E-state index is -1.16. The predicted molar refractivity (Wildman–Crippen MR) is 90.7 cm³/mol. The van der Waals surface area contributed by atoms with Gasteiger partial charge in [-0.2, -0.15) is 0 Å². The highest BCUT2D eigenvalue weighted by molar-refractivity contribution is 6.36. The minimum absolute atomic E-state index is 0.00852. The molecule has 1 N–H and O–H groups in total. The summed E-state index contributed by atoms with van der Waals surface area (Å²) in [5.74, 6) is -2.16. The lowest BCUT2D eigenvalue weighted by molar-refractivity contribution is -0.123. The molecule has 0 aliphatic heterocycles. The number of amides is 1. The van der Waals surface area contributed by atoms with E-state index in [0.717, 1.165) is 6.07 Å². The Labute approximate surface area is 152 Å². The maximum atomic E-state index is 13.6. The Bertz CT molecular complexity index is 817. The second-order valence-electron chi connectivity index (χ2n) is 4.87. The van der Waals surface area contributed by atoms with Crippen molar-refractivity contribution in [2.45, 2.75) is 13.0 Å². The fraction of sp³-hybridized carbons (Fsp3) is 0.188. The molecule has 0 fully saturated rings. The molecule has 0 spiro atoms. The van der Waals surface area contributed by atoms with Gasteiger partial charge in [0.25, 0.3) is 5.91 Å². The zero-order valence-corrected chi connectivity index (χ0v) is 14.7. The molecule has 2 aromatic rings. The van der Waals surface area contributed by atoms with Crippen LogP contribution < -0.4 is 10.1 Å². The second-order valence-corrected chi connectivity index (χ2v) is 5.71. The Morgan fingerprint density at radius 3 is 2.60 bits per heavy atom. The van der Waals surface area contributed by atoms with Crippen molar-refractivity contribution in [1.82, 2.24) is 4.98 Å². The number of aromatic nitrogens is 1. The van der Waals surface area contributed by atoms with Crippen molar-refractivity contribution in [3.05, 3.63) is 51.9 Å². The lowest BCUT2D eigenvalue weighted by atomic mass is 10.2. The number of esters is 1. The Kier molecular flexibility index (Phi) is 6.17. The average Bonchev–Trinajstić information content (AvgIpc) is 2.57. The topological polar surface area (TPSA) is 77.5 Å². The lowest BCUT2D eigenvalue weighted by Gasteiger charge is -2.14. The first kappa shape index (κ1) is 19.0. The first-order valence-corrected chi connectivity index (χ1v) is 7.74. The van der Waals surface area contributed by atoms with Crippen molar-refractivity contribution in [2.24, 2.45) is 0 Å². The highest BCUT2D eigenvalue weighted by atomic mass is 35.5.